The van der Waals surface area contributed by atoms with Crippen LogP contribution in [0.1, 0.15) is 22.9 Å². The largest absolute Gasteiger partial charge is 0.507 e. The Kier molecular flexibility index (Phi) is 4.42. The average molecular weight is 370 g/mol. The number of aromatic hydroxyl groups is 1. The molecule has 132 valence electrons. The summed E-state index contributed by atoms with van der Waals surface area (Å²) in [5.41, 5.74) is 0.469. The van der Waals surface area contributed by atoms with E-state index in [-0.39, 0.29) is 23.4 Å². The van der Waals surface area contributed by atoms with E-state index < -0.39 is 18.1 Å². The zero-order valence-corrected chi connectivity index (χ0v) is 13.8. The quantitative estimate of drug-likeness (QED) is 0.896. The Balaban J connectivity index is 2.00. The number of carbonyl (C=O) groups excluding carboxylic acids is 1. The number of methoxy groups -OCH3 is 1. The van der Waals surface area contributed by atoms with Crippen LogP contribution < -0.4 is 4.74 Å². The van der Waals surface area contributed by atoms with Crippen molar-refractivity contribution in [3.05, 3.63) is 46.2 Å². The summed E-state index contributed by atoms with van der Waals surface area (Å²) in [7, 11) is 1.43. The van der Waals surface area contributed by atoms with Gasteiger partial charge in [-0.2, -0.15) is 18.3 Å². The van der Waals surface area contributed by atoms with Gasteiger partial charge in [-0.1, -0.05) is 6.07 Å². The number of nitrogens with zero attached hydrogens (tertiary/aromatic N) is 2. The van der Waals surface area contributed by atoms with Crippen LogP contribution in [0, 0.1) is 0 Å². The number of halogens is 3. The molecule has 0 saturated carbocycles. The smallest absolute Gasteiger partial charge is 0.473 e. The van der Waals surface area contributed by atoms with Gasteiger partial charge in [-0.15, -0.1) is 11.3 Å². The fourth-order valence-corrected chi connectivity index (χ4v) is 3.39. The molecule has 2 heterocycles. The van der Waals surface area contributed by atoms with Crippen molar-refractivity contribution < 1.29 is 27.8 Å². The summed E-state index contributed by atoms with van der Waals surface area (Å²) in [4.78, 5) is 12.3. The van der Waals surface area contributed by atoms with E-state index in [1.807, 2.05) is 0 Å². The summed E-state index contributed by atoms with van der Waals surface area (Å²) in [6.45, 7) is 0. The second-order valence-electron chi connectivity index (χ2n) is 5.31. The third-order valence-corrected chi connectivity index (χ3v) is 4.72. The van der Waals surface area contributed by atoms with E-state index in [0.717, 1.165) is 0 Å². The van der Waals surface area contributed by atoms with Gasteiger partial charge in [0.1, 0.15) is 11.5 Å². The minimum absolute atomic E-state index is 0.0716. The Bertz CT molecular complexity index is 819. The van der Waals surface area contributed by atoms with E-state index in [0.29, 0.717) is 15.6 Å². The topological polar surface area (TPSA) is 62.1 Å². The van der Waals surface area contributed by atoms with Gasteiger partial charge in [-0.25, -0.2) is 5.01 Å². The number of rotatable bonds is 3. The molecule has 2 aromatic rings. The van der Waals surface area contributed by atoms with Crippen molar-refractivity contribution in [1.82, 2.24) is 5.01 Å². The van der Waals surface area contributed by atoms with Gasteiger partial charge in [0, 0.05) is 22.9 Å². The Labute approximate surface area is 145 Å². The van der Waals surface area contributed by atoms with Crippen molar-refractivity contribution >= 4 is 23.0 Å². The number of ether oxygens (including phenoxy) is 1. The van der Waals surface area contributed by atoms with Crippen LogP contribution in [0.5, 0.6) is 11.5 Å². The maximum absolute atomic E-state index is 12.9. The minimum Gasteiger partial charge on any atom is -0.507 e. The van der Waals surface area contributed by atoms with Crippen LogP contribution in [0.2, 0.25) is 0 Å². The van der Waals surface area contributed by atoms with Gasteiger partial charge in [0.05, 0.1) is 18.9 Å². The Hall–Kier alpha value is -2.55. The molecule has 9 heteroatoms. The second kappa shape index (κ2) is 6.40. The van der Waals surface area contributed by atoms with Gasteiger partial charge < -0.3 is 9.84 Å². The van der Waals surface area contributed by atoms with E-state index in [1.54, 1.807) is 23.6 Å². The van der Waals surface area contributed by atoms with Gasteiger partial charge in [-0.05, 0) is 23.6 Å². The molecular formula is C16H13F3N2O3S. The van der Waals surface area contributed by atoms with Crippen molar-refractivity contribution in [2.45, 2.75) is 18.6 Å². The monoisotopic (exact) mass is 370 g/mol. The first-order valence-corrected chi connectivity index (χ1v) is 8.08. The predicted molar refractivity (Wildman–Crippen MR) is 85.8 cm³/mol. The van der Waals surface area contributed by atoms with Crippen LogP contribution in [-0.4, -0.2) is 35.0 Å². The zero-order chi connectivity index (χ0) is 18.2. The lowest BCUT2D eigenvalue weighted by Gasteiger charge is -2.21. The third kappa shape index (κ3) is 3.32. The molecule has 0 unspecified atom stereocenters. The van der Waals surface area contributed by atoms with Crippen molar-refractivity contribution in [1.29, 1.82) is 0 Å². The van der Waals surface area contributed by atoms with Gasteiger partial charge >= 0.3 is 12.1 Å². The van der Waals surface area contributed by atoms with Crippen molar-refractivity contribution in [3.8, 4) is 11.5 Å². The predicted octanol–water partition coefficient (Wildman–Crippen LogP) is 3.70. The molecule has 1 aromatic heterocycles. The fourth-order valence-electron chi connectivity index (χ4n) is 2.58. The molecule has 0 bridgehead atoms. The highest BCUT2D eigenvalue weighted by atomic mass is 32.1. The van der Waals surface area contributed by atoms with E-state index in [4.69, 9.17) is 4.74 Å². The molecule has 0 saturated heterocycles. The normalized spacial score (nSPS) is 17.5. The Morgan fingerprint density at radius 3 is 2.72 bits per heavy atom. The fraction of sp³-hybridized carbons (Fsp3) is 0.250. The number of alkyl halides is 3. The Morgan fingerprint density at radius 2 is 2.16 bits per heavy atom. The van der Waals surface area contributed by atoms with Gasteiger partial charge in [0.2, 0.25) is 0 Å². The van der Waals surface area contributed by atoms with Crippen molar-refractivity contribution in [2.75, 3.05) is 7.11 Å². The van der Waals surface area contributed by atoms with Gasteiger partial charge in [0.25, 0.3) is 0 Å². The summed E-state index contributed by atoms with van der Waals surface area (Å²) in [6, 6.07) is 6.89. The van der Waals surface area contributed by atoms with Crippen LogP contribution in [0.15, 0.2) is 40.8 Å². The number of thiophene rings is 1. The maximum atomic E-state index is 12.9. The number of hydrogen-bond donors (Lipinski definition) is 1. The summed E-state index contributed by atoms with van der Waals surface area (Å²) in [5, 5.41) is 16.1. The molecule has 25 heavy (non-hydrogen) atoms. The van der Waals surface area contributed by atoms with Crippen molar-refractivity contribution in [3.63, 3.8) is 0 Å². The number of hydrazone groups is 1. The van der Waals surface area contributed by atoms with E-state index >= 15 is 0 Å². The molecule has 0 radical (unpaired) electrons. The molecule has 1 aliphatic rings. The number of amides is 1. The average Bonchev–Trinajstić information content (AvgIpc) is 3.22. The number of phenols is 1. The first-order chi connectivity index (χ1) is 11.8. The first-order valence-electron chi connectivity index (χ1n) is 7.20. The number of phenolic OH excluding ortho intramolecular Hbond substituents is 1. The number of carbonyl (C=O) groups is 1. The molecule has 5 nitrogen and oxygen atoms in total. The van der Waals surface area contributed by atoms with Crippen molar-refractivity contribution in [2.24, 2.45) is 5.10 Å². The minimum atomic E-state index is -5.03. The van der Waals surface area contributed by atoms with E-state index in [1.165, 1.54) is 30.6 Å². The van der Waals surface area contributed by atoms with Crippen LogP contribution in [0.4, 0.5) is 13.2 Å². The lowest BCUT2D eigenvalue weighted by molar-refractivity contribution is -0.187. The lowest BCUT2D eigenvalue weighted by atomic mass is 10.0. The molecule has 0 aliphatic carbocycles. The van der Waals surface area contributed by atoms with Gasteiger partial charge in [-0.3, -0.25) is 4.79 Å². The molecule has 0 spiro atoms. The molecule has 1 aromatic carbocycles. The number of hydrogen-bond acceptors (Lipinski definition) is 5. The molecule has 1 N–H and O–H groups in total. The zero-order valence-electron chi connectivity index (χ0n) is 12.9. The SMILES string of the molecule is COc1ccc(C2=NN(C(=O)C(F)(F)F)[C@@H](c3cccs3)C2)c(O)c1. The lowest BCUT2D eigenvalue weighted by Crippen LogP contribution is -2.37. The first kappa shape index (κ1) is 17.3. The highest BCUT2D eigenvalue weighted by Crippen LogP contribution is 2.39. The molecule has 1 atom stereocenters. The summed E-state index contributed by atoms with van der Waals surface area (Å²) < 4.78 is 43.7. The highest BCUT2D eigenvalue weighted by molar-refractivity contribution is 7.10. The standard InChI is InChI=1S/C16H13F3N2O3S/c1-24-9-4-5-10(13(22)7-9)11-8-12(14-3-2-6-25-14)21(20-11)15(23)16(17,18)19/h2-7,12,22H,8H2,1H3/t12-/m1/s1. The molecular weight excluding hydrogens is 357 g/mol. The van der Waals surface area contributed by atoms with E-state index in [2.05, 4.69) is 5.10 Å². The van der Waals surface area contributed by atoms with Crippen LogP contribution in [-0.2, 0) is 4.79 Å². The summed E-state index contributed by atoms with van der Waals surface area (Å²) in [6.07, 6.45) is -4.96. The second-order valence-corrected chi connectivity index (χ2v) is 6.29. The highest BCUT2D eigenvalue weighted by Gasteiger charge is 2.48. The number of benzene rings is 1. The van der Waals surface area contributed by atoms with Crippen LogP contribution in [0.25, 0.3) is 0 Å². The third-order valence-electron chi connectivity index (χ3n) is 3.75. The van der Waals surface area contributed by atoms with E-state index in [9.17, 15) is 23.1 Å². The summed E-state index contributed by atoms with van der Waals surface area (Å²) in [5.74, 6) is -1.81. The molecule has 1 aliphatic heterocycles. The van der Waals surface area contributed by atoms with Crippen LogP contribution in [0.3, 0.4) is 0 Å². The summed E-state index contributed by atoms with van der Waals surface area (Å²) >= 11 is 1.24. The molecule has 3 rings (SSSR count). The maximum Gasteiger partial charge on any atom is 0.473 e. The van der Waals surface area contributed by atoms with Crippen LogP contribution >= 0.6 is 11.3 Å². The molecule has 1 amide bonds. The molecule has 0 fully saturated rings. The van der Waals surface area contributed by atoms with Gasteiger partial charge in [0.15, 0.2) is 0 Å². The Morgan fingerprint density at radius 1 is 1.40 bits per heavy atom.